The number of nitrogens with zero attached hydrogens (tertiary/aromatic N) is 1. The largest absolute Gasteiger partial charge is 0.489 e. The van der Waals surface area contributed by atoms with Crippen LogP contribution >= 0.6 is 0 Å². The van der Waals surface area contributed by atoms with Crippen LogP contribution in [0.4, 0.5) is 10.1 Å². The number of benzene rings is 2. The van der Waals surface area contributed by atoms with Crippen molar-refractivity contribution in [3.63, 3.8) is 0 Å². The van der Waals surface area contributed by atoms with Crippen LogP contribution in [0.5, 0.6) is 17.2 Å². The lowest BCUT2D eigenvalue weighted by Gasteiger charge is -2.07. The lowest BCUT2D eigenvalue weighted by atomic mass is 10.2. The van der Waals surface area contributed by atoms with Crippen molar-refractivity contribution in [3.8, 4) is 17.2 Å². The Labute approximate surface area is 118 Å². The van der Waals surface area contributed by atoms with Gasteiger partial charge in [0.2, 0.25) is 6.79 Å². The molecule has 0 atom stereocenters. The molecule has 1 aliphatic heterocycles. The molecule has 1 aliphatic rings. The normalized spacial score (nSPS) is 12.2. The zero-order valence-corrected chi connectivity index (χ0v) is 10.7. The summed E-state index contributed by atoms with van der Waals surface area (Å²) in [5.74, 6) is 0.644. The minimum absolute atomic E-state index is 0.0966. The van der Waals surface area contributed by atoms with Gasteiger partial charge in [0, 0.05) is 6.07 Å². The first-order chi connectivity index (χ1) is 10.1. The number of nitro groups is 1. The van der Waals surface area contributed by atoms with Gasteiger partial charge in [-0.1, -0.05) is 6.07 Å². The molecule has 1 heterocycles. The molecule has 0 aromatic heterocycles. The minimum atomic E-state index is -0.718. The van der Waals surface area contributed by atoms with Gasteiger partial charge in [-0.25, -0.2) is 4.39 Å². The molecule has 2 aromatic carbocycles. The Morgan fingerprint density at radius 2 is 2.00 bits per heavy atom. The van der Waals surface area contributed by atoms with Crippen LogP contribution in [-0.2, 0) is 6.61 Å². The Hall–Kier alpha value is -2.83. The third kappa shape index (κ3) is 2.86. The molecule has 0 saturated heterocycles. The number of fused-ring (bicyclic) bond motifs is 1. The quantitative estimate of drug-likeness (QED) is 0.639. The SMILES string of the molecule is O=[N+]([O-])c1cc(F)cc(OCc2ccc3c(c2)OCO3)c1. The summed E-state index contributed by atoms with van der Waals surface area (Å²) in [4.78, 5) is 9.99. The number of ether oxygens (including phenoxy) is 3. The Morgan fingerprint density at radius 1 is 1.19 bits per heavy atom. The lowest BCUT2D eigenvalue weighted by molar-refractivity contribution is -0.385. The van der Waals surface area contributed by atoms with E-state index in [0.717, 1.165) is 17.7 Å². The molecule has 0 amide bonds. The maximum absolute atomic E-state index is 13.3. The monoisotopic (exact) mass is 291 g/mol. The summed E-state index contributed by atoms with van der Waals surface area (Å²) >= 11 is 0. The van der Waals surface area contributed by atoms with Crippen LogP contribution in [0.2, 0.25) is 0 Å². The van der Waals surface area contributed by atoms with Gasteiger partial charge in [0.15, 0.2) is 11.5 Å². The number of nitro benzene ring substituents is 1. The third-order valence-corrected chi connectivity index (χ3v) is 2.91. The van der Waals surface area contributed by atoms with Crippen molar-refractivity contribution >= 4 is 5.69 Å². The minimum Gasteiger partial charge on any atom is -0.489 e. The van der Waals surface area contributed by atoms with Crippen LogP contribution in [0, 0.1) is 15.9 Å². The Balaban J connectivity index is 1.74. The molecular formula is C14H10FNO5. The highest BCUT2D eigenvalue weighted by Crippen LogP contribution is 2.33. The van der Waals surface area contributed by atoms with Crippen LogP contribution in [0.1, 0.15) is 5.56 Å². The molecule has 0 radical (unpaired) electrons. The molecule has 0 aliphatic carbocycles. The molecule has 108 valence electrons. The van der Waals surface area contributed by atoms with Gasteiger partial charge in [0.05, 0.1) is 17.1 Å². The number of hydrogen-bond acceptors (Lipinski definition) is 5. The number of rotatable bonds is 4. The summed E-state index contributed by atoms with van der Waals surface area (Å²) in [7, 11) is 0. The third-order valence-electron chi connectivity index (χ3n) is 2.91. The zero-order chi connectivity index (χ0) is 14.8. The first kappa shape index (κ1) is 13.2. The zero-order valence-electron chi connectivity index (χ0n) is 10.7. The van der Waals surface area contributed by atoms with Crippen molar-refractivity contribution in [2.75, 3.05) is 6.79 Å². The first-order valence-corrected chi connectivity index (χ1v) is 6.08. The van der Waals surface area contributed by atoms with Crippen LogP contribution in [0.15, 0.2) is 36.4 Å². The predicted molar refractivity (Wildman–Crippen MR) is 70.0 cm³/mol. The summed E-state index contributed by atoms with van der Waals surface area (Å²) in [6.45, 7) is 0.312. The van der Waals surface area contributed by atoms with E-state index in [0.29, 0.717) is 11.5 Å². The molecule has 0 unspecified atom stereocenters. The van der Waals surface area contributed by atoms with Crippen molar-refractivity contribution in [2.45, 2.75) is 6.61 Å². The van der Waals surface area contributed by atoms with Crippen molar-refractivity contribution in [2.24, 2.45) is 0 Å². The molecule has 0 saturated carbocycles. The van der Waals surface area contributed by atoms with Gasteiger partial charge >= 0.3 is 0 Å². The number of non-ortho nitro benzene ring substituents is 1. The van der Waals surface area contributed by atoms with Crippen LogP contribution < -0.4 is 14.2 Å². The molecule has 0 bridgehead atoms. The van der Waals surface area contributed by atoms with Gasteiger partial charge in [-0.3, -0.25) is 10.1 Å². The lowest BCUT2D eigenvalue weighted by Crippen LogP contribution is -1.97. The molecule has 0 N–H and O–H groups in total. The molecular weight excluding hydrogens is 281 g/mol. The Morgan fingerprint density at radius 3 is 2.81 bits per heavy atom. The molecule has 21 heavy (non-hydrogen) atoms. The summed E-state index contributed by atoms with van der Waals surface area (Å²) in [5.41, 5.74) is 0.432. The van der Waals surface area contributed by atoms with Gasteiger partial charge in [-0.15, -0.1) is 0 Å². The molecule has 0 spiro atoms. The second-order valence-corrected chi connectivity index (χ2v) is 4.38. The number of hydrogen-bond donors (Lipinski definition) is 0. The van der Waals surface area contributed by atoms with Gasteiger partial charge in [-0.05, 0) is 17.7 Å². The second kappa shape index (κ2) is 5.28. The van der Waals surface area contributed by atoms with E-state index in [1.54, 1.807) is 18.2 Å². The van der Waals surface area contributed by atoms with Crippen LogP contribution in [-0.4, -0.2) is 11.7 Å². The average molecular weight is 291 g/mol. The fourth-order valence-corrected chi connectivity index (χ4v) is 1.93. The van der Waals surface area contributed by atoms with E-state index in [1.807, 2.05) is 0 Å². The average Bonchev–Trinajstić information content (AvgIpc) is 2.92. The summed E-state index contributed by atoms with van der Waals surface area (Å²) < 4.78 is 29.1. The van der Waals surface area contributed by atoms with Gasteiger partial charge in [0.1, 0.15) is 18.2 Å². The highest BCUT2D eigenvalue weighted by Gasteiger charge is 2.14. The summed E-state index contributed by atoms with van der Waals surface area (Å²) in [5, 5.41) is 10.7. The van der Waals surface area contributed by atoms with Crippen LogP contribution in [0.3, 0.4) is 0 Å². The molecule has 3 rings (SSSR count). The standard InChI is InChI=1S/C14H10FNO5/c15-10-4-11(16(17)18)6-12(5-10)19-7-9-1-2-13-14(3-9)21-8-20-13/h1-6H,7-8H2. The van der Waals surface area contributed by atoms with E-state index in [9.17, 15) is 14.5 Å². The van der Waals surface area contributed by atoms with E-state index in [2.05, 4.69) is 0 Å². The van der Waals surface area contributed by atoms with Crippen molar-refractivity contribution in [3.05, 3.63) is 57.9 Å². The maximum atomic E-state index is 13.3. The second-order valence-electron chi connectivity index (χ2n) is 4.38. The van der Waals surface area contributed by atoms with Crippen molar-refractivity contribution in [1.29, 1.82) is 0 Å². The fraction of sp³-hybridized carbons (Fsp3) is 0.143. The molecule has 7 heteroatoms. The Kier molecular flexibility index (Phi) is 3.31. The highest BCUT2D eigenvalue weighted by atomic mass is 19.1. The van der Waals surface area contributed by atoms with Gasteiger partial charge in [-0.2, -0.15) is 0 Å². The molecule has 2 aromatic rings. The molecule has 6 nitrogen and oxygen atoms in total. The highest BCUT2D eigenvalue weighted by molar-refractivity contribution is 5.44. The van der Waals surface area contributed by atoms with Gasteiger partial charge in [0.25, 0.3) is 5.69 Å². The topological polar surface area (TPSA) is 70.8 Å². The van der Waals surface area contributed by atoms with Gasteiger partial charge < -0.3 is 14.2 Å². The van der Waals surface area contributed by atoms with E-state index in [1.165, 1.54) is 6.07 Å². The van der Waals surface area contributed by atoms with E-state index < -0.39 is 10.7 Å². The summed E-state index contributed by atoms with van der Waals surface area (Å²) in [6, 6.07) is 8.38. The first-order valence-electron chi connectivity index (χ1n) is 6.08. The smallest absolute Gasteiger partial charge is 0.276 e. The van der Waals surface area contributed by atoms with E-state index in [4.69, 9.17) is 14.2 Å². The number of halogens is 1. The van der Waals surface area contributed by atoms with Crippen molar-refractivity contribution < 1.29 is 23.5 Å². The fourth-order valence-electron chi connectivity index (χ4n) is 1.93. The Bertz CT molecular complexity index is 704. The summed E-state index contributed by atoms with van der Waals surface area (Å²) in [6.07, 6.45) is 0. The van der Waals surface area contributed by atoms with E-state index in [-0.39, 0.29) is 24.8 Å². The molecule has 0 fully saturated rings. The van der Waals surface area contributed by atoms with E-state index >= 15 is 0 Å². The van der Waals surface area contributed by atoms with Crippen LogP contribution in [0.25, 0.3) is 0 Å². The maximum Gasteiger partial charge on any atom is 0.276 e. The predicted octanol–water partition coefficient (Wildman–Crippen LogP) is 3.04. The van der Waals surface area contributed by atoms with Crippen molar-refractivity contribution in [1.82, 2.24) is 0 Å².